The molecule has 0 aromatic carbocycles. The second-order valence-electron chi connectivity index (χ2n) is 3.70. The van der Waals surface area contributed by atoms with Gasteiger partial charge in [-0.1, -0.05) is 0 Å². The SMILES string of the molecule is CC(C)N(C)C(=O)C1(C#N)CC1. The molecule has 1 fully saturated rings. The third-order valence-electron chi connectivity index (χ3n) is 2.47. The lowest BCUT2D eigenvalue weighted by molar-refractivity contribution is -0.135. The molecule has 0 spiro atoms. The number of carbonyl (C=O) groups is 1. The van der Waals surface area contributed by atoms with Crippen LogP contribution in [0.2, 0.25) is 0 Å². The number of amides is 1. The van der Waals surface area contributed by atoms with Crippen LogP contribution in [0.4, 0.5) is 0 Å². The molecule has 0 saturated heterocycles. The summed E-state index contributed by atoms with van der Waals surface area (Å²) in [6.45, 7) is 3.90. The molecule has 0 heterocycles. The average molecular weight is 166 g/mol. The zero-order valence-electron chi connectivity index (χ0n) is 7.79. The lowest BCUT2D eigenvalue weighted by Crippen LogP contribution is -2.38. The summed E-state index contributed by atoms with van der Waals surface area (Å²) < 4.78 is 0. The van der Waals surface area contributed by atoms with Gasteiger partial charge in [0, 0.05) is 13.1 Å². The maximum absolute atomic E-state index is 11.6. The van der Waals surface area contributed by atoms with Gasteiger partial charge in [0.25, 0.3) is 0 Å². The number of hydrogen-bond donors (Lipinski definition) is 0. The van der Waals surface area contributed by atoms with Crippen LogP contribution in [0.3, 0.4) is 0 Å². The number of hydrogen-bond acceptors (Lipinski definition) is 2. The zero-order valence-corrected chi connectivity index (χ0v) is 7.79. The van der Waals surface area contributed by atoms with E-state index in [0.29, 0.717) is 0 Å². The minimum atomic E-state index is -0.654. The van der Waals surface area contributed by atoms with Crippen molar-refractivity contribution >= 4 is 5.91 Å². The van der Waals surface area contributed by atoms with Gasteiger partial charge in [0.2, 0.25) is 5.91 Å². The van der Waals surface area contributed by atoms with Crippen LogP contribution in [-0.2, 0) is 4.79 Å². The van der Waals surface area contributed by atoms with Crippen LogP contribution >= 0.6 is 0 Å². The summed E-state index contributed by atoms with van der Waals surface area (Å²) in [5.41, 5.74) is -0.654. The quantitative estimate of drug-likeness (QED) is 0.617. The second-order valence-corrected chi connectivity index (χ2v) is 3.70. The Bertz CT molecular complexity index is 235. The molecular weight excluding hydrogens is 152 g/mol. The first-order chi connectivity index (χ1) is 5.53. The van der Waals surface area contributed by atoms with Crippen molar-refractivity contribution in [2.75, 3.05) is 7.05 Å². The molecule has 0 aromatic heterocycles. The topological polar surface area (TPSA) is 44.1 Å². The fraction of sp³-hybridized carbons (Fsp3) is 0.778. The Kier molecular flexibility index (Phi) is 2.10. The summed E-state index contributed by atoms with van der Waals surface area (Å²) in [5, 5.41) is 8.76. The Morgan fingerprint density at radius 3 is 2.33 bits per heavy atom. The van der Waals surface area contributed by atoms with Crippen LogP contribution in [0, 0.1) is 16.7 Å². The molecule has 0 bridgehead atoms. The minimum absolute atomic E-state index is 0.0139. The van der Waals surface area contributed by atoms with E-state index < -0.39 is 5.41 Å². The van der Waals surface area contributed by atoms with Crippen LogP contribution in [0.15, 0.2) is 0 Å². The van der Waals surface area contributed by atoms with Gasteiger partial charge in [-0.3, -0.25) is 4.79 Å². The van der Waals surface area contributed by atoms with Crippen molar-refractivity contribution in [2.24, 2.45) is 5.41 Å². The lowest BCUT2D eigenvalue weighted by Gasteiger charge is -2.23. The molecule has 1 rings (SSSR count). The molecule has 0 radical (unpaired) electrons. The summed E-state index contributed by atoms with van der Waals surface area (Å²) in [4.78, 5) is 13.3. The molecule has 0 atom stereocenters. The first-order valence-electron chi connectivity index (χ1n) is 4.22. The monoisotopic (exact) mass is 166 g/mol. The first-order valence-corrected chi connectivity index (χ1v) is 4.22. The summed E-state index contributed by atoms with van der Waals surface area (Å²) in [7, 11) is 1.75. The van der Waals surface area contributed by atoms with Gasteiger partial charge in [0.15, 0.2) is 0 Å². The molecule has 0 unspecified atom stereocenters. The summed E-state index contributed by atoms with van der Waals surface area (Å²) in [6.07, 6.45) is 1.47. The molecule has 12 heavy (non-hydrogen) atoms. The molecule has 1 saturated carbocycles. The molecule has 1 aliphatic rings. The van der Waals surface area contributed by atoms with E-state index in [9.17, 15) is 4.79 Å². The van der Waals surface area contributed by atoms with Crippen LogP contribution in [0.25, 0.3) is 0 Å². The highest BCUT2D eigenvalue weighted by molar-refractivity contribution is 5.88. The molecule has 0 N–H and O–H groups in total. The van der Waals surface area contributed by atoms with Crippen LogP contribution < -0.4 is 0 Å². The highest BCUT2D eigenvalue weighted by Crippen LogP contribution is 2.46. The van der Waals surface area contributed by atoms with E-state index in [1.807, 2.05) is 13.8 Å². The Morgan fingerprint density at radius 2 is 2.08 bits per heavy atom. The van der Waals surface area contributed by atoms with E-state index >= 15 is 0 Å². The molecule has 1 aliphatic carbocycles. The average Bonchev–Trinajstić information content (AvgIpc) is 2.82. The fourth-order valence-electron chi connectivity index (χ4n) is 1.07. The van der Waals surface area contributed by atoms with Crippen LogP contribution in [0.5, 0.6) is 0 Å². The second kappa shape index (κ2) is 2.78. The number of nitrogens with zero attached hydrogens (tertiary/aromatic N) is 2. The third kappa shape index (κ3) is 1.29. The first kappa shape index (κ1) is 9.05. The molecule has 66 valence electrons. The van der Waals surface area contributed by atoms with Crippen molar-refractivity contribution < 1.29 is 4.79 Å². The maximum Gasteiger partial charge on any atom is 0.243 e. The third-order valence-corrected chi connectivity index (χ3v) is 2.47. The Labute approximate surface area is 73.0 Å². The number of rotatable bonds is 2. The smallest absolute Gasteiger partial charge is 0.243 e. The van der Waals surface area contributed by atoms with E-state index in [0.717, 1.165) is 12.8 Å². The lowest BCUT2D eigenvalue weighted by atomic mass is 10.1. The van der Waals surface area contributed by atoms with Gasteiger partial charge in [-0.25, -0.2) is 0 Å². The zero-order chi connectivity index (χ0) is 9.35. The van der Waals surface area contributed by atoms with Crippen molar-refractivity contribution in [3.05, 3.63) is 0 Å². The fourth-order valence-corrected chi connectivity index (χ4v) is 1.07. The highest BCUT2D eigenvalue weighted by Gasteiger charge is 2.52. The van der Waals surface area contributed by atoms with Gasteiger partial charge in [-0.15, -0.1) is 0 Å². The van der Waals surface area contributed by atoms with Gasteiger partial charge in [0.05, 0.1) is 6.07 Å². The van der Waals surface area contributed by atoms with Crippen molar-refractivity contribution in [2.45, 2.75) is 32.7 Å². The molecule has 0 aliphatic heterocycles. The van der Waals surface area contributed by atoms with Crippen molar-refractivity contribution in [3.8, 4) is 6.07 Å². The van der Waals surface area contributed by atoms with Gasteiger partial charge >= 0.3 is 0 Å². The van der Waals surface area contributed by atoms with E-state index in [1.54, 1.807) is 11.9 Å². The van der Waals surface area contributed by atoms with Crippen molar-refractivity contribution in [1.82, 2.24) is 4.90 Å². The molecule has 1 amide bonds. The Hall–Kier alpha value is -1.04. The standard InChI is InChI=1S/C9H14N2O/c1-7(2)11(3)8(12)9(6-10)4-5-9/h7H,4-5H2,1-3H3. The molecule has 0 aromatic rings. The Morgan fingerprint density at radius 1 is 1.58 bits per heavy atom. The Balaban J connectivity index is 2.66. The summed E-state index contributed by atoms with van der Waals surface area (Å²) in [5.74, 6) is -0.0139. The highest BCUT2D eigenvalue weighted by atomic mass is 16.2. The van der Waals surface area contributed by atoms with Crippen molar-refractivity contribution in [3.63, 3.8) is 0 Å². The largest absolute Gasteiger partial charge is 0.342 e. The summed E-state index contributed by atoms with van der Waals surface area (Å²) >= 11 is 0. The molecular formula is C9H14N2O. The predicted molar refractivity (Wildman–Crippen MR) is 45.2 cm³/mol. The van der Waals surface area contributed by atoms with Crippen molar-refractivity contribution in [1.29, 1.82) is 5.26 Å². The van der Waals surface area contributed by atoms with Gasteiger partial charge in [-0.2, -0.15) is 5.26 Å². The summed E-state index contributed by atoms with van der Waals surface area (Å²) in [6, 6.07) is 2.28. The molecule has 3 nitrogen and oxygen atoms in total. The van der Waals surface area contributed by atoms with E-state index in [2.05, 4.69) is 6.07 Å². The van der Waals surface area contributed by atoms with E-state index in [1.165, 1.54) is 0 Å². The van der Waals surface area contributed by atoms with Gasteiger partial charge < -0.3 is 4.90 Å². The van der Waals surface area contributed by atoms with Crippen LogP contribution in [0.1, 0.15) is 26.7 Å². The normalized spacial score (nSPS) is 18.6. The van der Waals surface area contributed by atoms with Gasteiger partial charge in [-0.05, 0) is 26.7 Å². The minimum Gasteiger partial charge on any atom is -0.342 e. The number of nitriles is 1. The van der Waals surface area contributed by atoms with E-state index in [-0.39, 0.29) is 11.9 Å². The maximum atomic E-state index is 11.6. The number of carbonyl (C=O) groups excluding carboxylic acids is 1. The predicted octanol–water partition coefficient (Wildman–Crippen LogP) is 1.16. The molecule has 3 heteroatoms. The van der Waals surface area contributed by atoms with Crippen LogP contribution in [-0.4, -0.2) is 23.9 Å². The van der Waals surface area contributed by atoms with E-state index in [4.69, 9.17) is 5.26 Å². The van der Waals surface area contributed by atoms with Gasteiger partial charge in [0.1, 0.15) is 5.41 Å².